The third kappa shape index (κ3) is 6.38. The van der Waals surface area contributed by atoms with Gasteiger partial charge in [0.25, 0.3) is 0 Å². The van der Waals surface area contributed by atoms with E-state index in [0.717, 1.165) is 31.4 Å². The molecule has 1 amide bonds. The van der Waals surface area contributed by atoms with Gasteiger partial charge in [0.2, 0.25) is 5.91 Å². The van der Waals surface area contributed by atoms with Gasteiger partial charge in [-0.1, -0.05) is 43.5 Å². The maximum absolute atomic E-state index is 11.6. The van der Waals surface area contributed by atoms with Gasteiger partial charge in [-0.15, -0.1) is 0 Å². The molecule has 0 aromatic heterocycles. The van der Waals surface area contributed by atoms with Gasteiger partial charge in [0.05, 0.1) is 17.3 Å². The van der Waals surface area contributed by atoms with Crippen LogP contribution in [0.5, 0.6) is 0 Å². The molecule has 0 fully saturated rings. The average molecular weight is 296 g/mol. The van der Waals surface area contributed by atoms with E-state index in [2.05, 4.69) is 12.2 Å². The molecule has 4 nitrogen and oxygen atoms in total. The van der Waals surface area contributed by atoms with Crippen LogP contribution < -0.4 is 5.32 Å². The largest absolute Gasteiger partial charge is 0.463 e. The summed E-state index contributed by atoms with van der Waals surface area (Å²) >= 11 is 5.90. The molecule has 0 radical (unpaired) electrons. The Kier molecular flexibility index (Phi) is 7.43. The Balaban J connectivity index is 2.36. The van der Waals surface area contributed by atoms with Gasteiger partial charge in [0.15, 0.2) is 0 Å². The number of hydrogen-bond donors (Lipinski definition) is 1. The first-order valence-corrected chi connectivity index (χ1v) is 6.91. The van der Waals surface area contributed by atoms with Crippen LogP contribution in [-0.2, 0) is 14.3 Å². The molecule has 1 aromatic carbocycles. The van der Waals surface area contributed by atoms with E-state index in [1.165, 1.54) is 0 Å². The number of hydrogen-bond acceptors (Lipinski definition) is 3. The zero-order valence-corrected chi connectivity index (χ0v) is 12.2. The van der Waals surface area contributed by atoms with Crippen molar-refractivity contribution in [3.8, 4) is 0 Å². The lowest BCUT2D eigenvalue weighted by Crippen LogP contribution is -2.10. The summed E-state index contributed by atoms with van der Waals surface area (Å²) in [7, 11) is 0. The van der Waals surface area contributed by atoms with Crippen LogP contribution in [-0.4, -0.2) is 18.5 Å². The summed E-state index contributed by atoms with van der Waals surface area (Å²) in [6.07, 6.45) is 5.16. The summed E-state index contributed by atoms with van der Waals surface area (Å²) in [4.78, 5) is 22.9. The molecule has 0 atom stereocenters. The first-order chi connectivity index (χ1) is 9.63. The summed E-state index contributed by atoms with van der Waals surface area (Å²) in [5, 5.41) is 3.02. The van der Waals surface area contributed by atoms with Crippen LogP contribution in [0, 0.1) is 0 Å². The van der Waals surface area contributed by atoms with Gasteiger partial charge >= 0.3 is 5.97 Å². The number of benzene rings is 1. The van der Waals surface area contributed by atoms with Crippen molar-refractivity contribution in [1.82, 2.24) is 0 Å². The lowest BCUT2D eigenvalue weighted by Gasteiger charge is -2.04. The Morgan fingerprint density at radius 2 is 2.00 bits per heavy atom. The molecular weight excluding hydrogens is 278 g/mol. The van der Waals surface area contributed by atoms with Crippen LogP contribution in [0.15, 0.2) is 36.4 Å². The van der Waals surface area contributed by atoms with Gasteiger partial charge in [-0.25, -0.2) is 4.79 Å². The van der Waals surface area contributed by atoms with Gasteiger partial charge in [0, 0.05) is 12.2 Å². The molecule has 0 aliphatic carbocycles. The van der Waals surface area contributed by atoms with Crippen molar-refractivity contribution in [2.45, 2.75) is 26.2 Å². The number of amides is 1. The van der Waals surface area contributed by atoms with Gasteiger partial charge in [-0.05, 0) is 18.6 Å². The molecule has 1 rings (SSSR count). The standard InChI is InChI=1S/C15H18ClNO3/c1-2-3-6-11-20-15(19)10-9-14(18)17-13-8-5-4-7-12(13)16/h4-5,7-10H,2-3,6,11H2,1H3,(H,17,18)/b10-9+. The number of ether oxygens (including phenoxy) is 1. The number of para-hydroxylation sites is 1. The summed E-state index contributed by atoms with van der Waals surface area (Å²) in [5.41, 5.74) is 0.500. The second-order valence-electron chi connectivity index (χ2n) is 4.18. The summed E-state index contributed by atoms with van der Waals surface area (Å²) in [6.45, 7) is 2.45. The monoisotopic (exact) mass is 295 g/mol. The van der Waals surface area contributed by atoms with Crippen molar-refractivity contribution in [1.29, 1.82) is 0 Å². The highest BCUT2D eigenvalue weighted by Crippen LogP contribution is 2.20. The molecule has 0 saturated heterocycles. The Morgan fingerprint density at radius 1 is 1.25 bits per heavy atom. The van der Waals surface area contributed by atoms with E-state index in [0.29, 0.717) is 17.3 Å². The van der Waals surface area contributed by atoms with E-state index in [1.54, 1.807) is 24.3 Å². The highest BCUT2D eigenvalue weighted by atomic mass is 35.5. The lowest BCUT2D eigenvalue weighted by molar-refractivity contribution is -0.138. The molecule has 0 heterocycles. The minimum absolute atomic E-state index is 0.378. The number of halogens is 1. The number of unbranched alkanes of at least 4 members (excludes halogenated alkanes) is 2. The van der Waals surface area contributed by atoms with Crippen LogP contribution in [0.4, 0.5) is 5.69 Å². The normalized spacial score (nSPS) is 10.5. The van der Waals surface area contributed by atoms with E-state index in [1.807, 2.05) is 0 Å². The molecule has 108 valence electrons. The molecule has 1 N–H and O–H groups in total. The number of carbonyl (C=O) groups excluding carboxylic acids is 2. The second kappa shape index (κ2) is 9.15. The molecule has 20 heavy (non-hydrogen) atoms. The maximum atomic E-state index is 11.6. The Labute approximate surface area is 123 Å². The van der Waals surface area contributed by atoms with Crippen LogP contribution in [0.25, 0.3) is 0 Å². The van der Waals surface area contributed by atoms with E-state index in [4.69, 9.17) is 16.3 Å². The van der Waals surface area contributed by atoms with Gasteiger partial charge in [-0.2, -0.15) is 0 Å². The fourth-order valence-electron chi connectivity index (χ4n) is 1.45. The topological polar surface area (TPSA) is 55.4 Å². The molecule has 0 saturated carbocycles. The van der Waals surface area contributed by atoms with Crippen LogP contribution in [0.1, 0.15) is 26.2 Å². The molecule has 0 spiro atoms. The smallest absolute Gasteiger partial charge is 0.330 e. The first kappa shape index (κ1) is 16.2. The van der Waals surface area contributed by atoms with E-state index in [-0.39, 0.29) is 0 Å². The summed E-state index contributed by atoms with van der Waals surface area (Å²) in [6, 6.07) is 6.87. The lowest BCUT2D eigenvalue weighted by atomic mass is 10.3. The van der Waals surface area contributed by atoms with E-state index >= 15 is 0 Å². The fourth-order valence-corrected chi connectivity index (χ4v) is 1.64. The summed E-state index contributed by atoms with van der Waals surface area (Å²) < 4.78 is 4.94. The van der Waals surface area contributed by atoms with Crippen molar-refractivity contribution in [2.75, 3.05) is 11.9 Å². The number of esters is 1. The van der Waals surface area contributed by atoms with Gasteiger partial charge < -0.3 is 10.1 Å². The average Bonchev–Trinajstić information content (AvgIpc) is 2.44. The second-order valence-corrected chi connectivity index (χ2v) is 4.58. The number of anilines is 1. The SMILES string of the molecule is CCCCCOC(=O)/C=C/C(=O)Nc1ccccc1Cl. The first-order valence-electron chi connectivity index (χ1n) is 6.54. The molecule has 0 aliphatic rings. The third-order valence-electron chi connectivity index (χ3n) is 2.49. The van der Waals surface area contributed by atoms with Crippen molar-refractivity contribution >= 4 is 29.2 Å². The number of carbonyl (C=O) groups is 2. The Morgan fingerprint density at radius 3 is 2.70 bits per heavy atom. The van der Waals surface area contributed by atoms with Crippen molar-refractivity contribution < 1.29 is 14.3 Å². The zero-order valence-electron chi connectivity index (χ0n) is 11.4. The highest BCUT2D eigenvalue weighted by Gasteiger charge is 2.03. The van der Waals surface area contributed by atoms with Gasteiger partial charge in [0.1, 0.15) is 0 Å². The number of rotatable bonds is 7. The van der Waals surface area contributed by atoms with Crippen LogP contribution in [0.3, 0.4) is 0 Å². The Bertz CT molecular complexity index is 486. The summed E-state index contributed by atoms with van der Waals surface area (Å²) in [5.74, 6) is -0.945. The predicted octanol–water partition coefficient (Wildman–Crippen LogP) is 3.57. The minimum atomic E-state index is -0.518. The highest BCUT2D eigenvalue weighted by molar-refractivity contribution is 6.33. The maximum Gasteiger partial charge on any atom is 0.330 e. The molecular formula is C15H18ClNO3. The predicted molar refractivity (Wildman–Crippen MR) is 79.7 cm³/mol. The molecule has 0 aliphatic heterocycles. The van der Waals surface area contributed by atoms with Gasteiger partial charge in [-0.3, -0.25) is 4.79 Å². The molecule has 0 bridgehead atoms. The molecule has 1 aromatic rings. The number of nitrogens with one attached hydrogen (secondary N) is 1. The zero-order chi connectivity index (χ0) is 14.8. The van der Waals surface area contributed by atoms with Crippen molar-refractivity contribution in [3.63, 3.8) is 0 Å². The quantitative estimate of drug-likeness (QED) is 0.475. The van der Waals surface area contributed by atoms with E-state index < -0.39 is 11.9 Å². The van der Waals surface area contributed by atoms with E-state index in [9.17, 15) is 9.59 Å². The fraction of sp³-hybridized carbons (Fsp3) is 0.333. The van der Waals surface area contributed by atoms with Crippen LogP contribution in [0.2, 0.25) is 5.02 Å². The minimum Gasteiger partial charge on any atom is -0.463 e. The van der Waals surface area contributed by atoms with Crippen molar-refractivity contribution in [3.05, 3.63) is 41.4 Å². The Hall–Kier alpha value is -1.81. The van der Waals surface area contributed by atoms with Crippen molar-refractivity contribution in [2.24, 2.45) is 0 Å². The molecule has 5 heteroatoms. The molecule has 0 unspecified atom stereocenters. The van der Waals surface area contributed by atoms with Crippen LogP contribution >= 0.6 is 11.6 Å². The third-order valence-corrected chi connectivity index (χ3v) is 2.82.